The lowest BCUT2D eigenvalue weighted by atomic mass is 10.0. The summed E-state index contributed by atoms with van der Waals surface area (Å²) in [5.74, 6) is -0.391. The first-order valence-electron chi connectivity index (χ1n) is 11.6. The second-order valence-corrected chi connectivity index (χ2v) is 9.52. The largest absolute Gasteiger partial charge is 0.484 e. The maximum atomic E-state index is 12.4. The molecule has 4 rings (SSSR count). The van der Waals surface area contributed by atoms with Gasteiger partial charge in [0, 0.05) is 5.39 Å². The number of amides is 1. The number of rotatable bonds is 7. The van der Waals surface area contributed by atoms with E-state index in [-0.39, 0.29) is 11.6 Å². The van der Waals surface area contributed by atoms with Crippen LogP contribution in [0.2, 0.25) is 0 Å². The Balaban J connectivity index is 1.60. The van der Waals surface area contributed by atoms with Crippen LogP contribution in [0.5, 0.6) is 5.75 Å². The van der Waals surface area contributed by atoms with Crippen molar-refractivity contribution in [3.8, 4) is 11.4 Å². The highest BCUT2D eigenvalue weighted by Crippen LogP contribution is 2.29. The summed E-state index contributed by atoms with van der Waals surface area (Å²) in [4.78, 5) is 23.8. The highest BCUT2D eigenvalue weighted by molar-refractivity contribution is 5.89. The molecule has 3 aromatic carbocycles. The molecule has 1 unspecified atom stereocenters. The first kappa shape index (κ1) is 24.8. The normalized spacial score (nSPS) is 13.1. The molecular formula is C28H29N3O5. The Morgan fingerprint density at radius 2 is 1.75 bits per heavy atom. The van der Waals surface area contributed by atoms with Gasteiger partial charge in [-0.05, 0) is 69.7 Å². The number of aromatic carboxylic acids is 1. The van der Waals surface area contributed by atoms with Crippen molar-refractivity contribution in [3.63, 3.8) is 0 Å². The molecule has 4 aromatic rings. The van der Waals surface area contributed by atoms with Crippen molar-refractivity contribution in [2.24, 2.45) is 0 Å². The third-order valence-corrected chi connectivity index (χ3v) is 5.47. The fourth-order valence-corrected chi connectivity index (χ4v) is 3.88. The van der Waals surface area contributed by atoms with Crippen molar-refractivity contribution < 1.29 is 24.2 Å². The molecule has 0 fully saturated rings. The van der Waals surface area contributed by atoms with Gasteiger partial charge in [-0.25, -0.2) is 14.3 Å². The predicted molar refractivity (Wildman–Crippen MR) is 137 cm³/mol. The van der Waals surface area contributed by atoms with Crippen LogP contribution in [-0.2, 0) is 4.74 Å². The van der Waals surface area contributed by atoms with E-state index in [0.29, 0.717) is 11.4 Å². The van der Waals surface area contributed by atoms with Crippen molar-refractivity contribution in [3.05, 3.63) is 90.1 Å². The number of hydrogen-bond acceptors (Lipinski definition) is 5. The standard InChI is InChI=1S/C28H29N3O5/c1-18(30-27(34)36-28(2,3)4)25(19-9-6-5-7-10-19)35-23-13-14-24-21(16-23)17-29-31(24)22-12-8-11-20(15-22)26(32)33/h5-18,25H,1-4H3,(H,30,34)(H,32,33)/t18-,25?/m0/s1. The van der Waals surface area contributed by atoms with Crippen molar-refractivity contribution in [2.45, 2.75) is 45.4 Å². The third kappa shape index (κ3) is 5.83. The Morgan fingerprint density at radius 3 is 2.44 bits per heavy atom. The van der Waals surface area contributed by atoms with Gasteiger partial charge < -0.3 is 19.9 Å². The number of ether oxygens (including phenoxy) is 2. The molecule has 36 heavy (non-hydrogen) atoms. The van der Waals surface area contributed by atoms with Gasteiger partial charge in [-0.3, -0.25) is 0 Å². The van der Waals surface area contributed by atoms with Gasteiger partial charge in [-0.15, -0.1) is 0 Å². The highest BCUT2D eigenvalue weighted by Gasteiger charge is 2.26. The molecule has 0 aliphatic carbocycles. The van der Waals surface area contributed by atoms with Crippen molar-refractivity contribution in [1.29, 1.82) is 0 Å². The lowest BCUT2D eigenvalue weighted by Crippen LogP contribution is -2.42. The van der Waals surface area contributed by atoms with E-state index < -0.39 is 23.8 Å². The minimum atomic E-state index is -0.995. The van der Waals surface area contributed by atoms with Crippen LogP contribution in [0, 0.1) is 0 Å². The fourth-order valence-electron chi connectivity index (χ4n) is 3.88. The SMILES string of the molecule is C[C@H](NC(=O)OC(C)(C)C)C(Oc1ccc2c(cnn2-c2cccc(C(=O)O)c2)c1)c1ccccc1. The summed E-state index contributed by atoms with van der Waals surface area (Å²) >= 11 is 0. The average molecular weight is 488 g/mol. The number of benzene rings is 3. The first-order chi connectivity index (χ1) is 17.1. The molecule has 1 aromatic heterocycles. The Hall–Kier alpha value is -4.33. The van der Waals surface area contributed by atoms with Gasteiger partial charge in [0.05, 0.1) is 29.0 Å². The molecular weight excluding hydrogens is 458 g/mol. The molecule has 0 bridgehead atoms. The number of aromatic nitrogens is 2. The van der Waals surface area contributed by atoms with Crippen LogP contribution < -0.4 is 10.1 Å². The lowest BCUT2D eigenvalue weighted by molar-refractivity contribution is 0.0454. The van der Waals surface area contributed by atoms with Gasteiger partial charge in [-0.1, -0.05) is 36.4 Å². The molecule has 8 heteroatoms. The minimum Gasteiger partial charge on any atom is -0.484 e. The summed E-state index contributed by atoms with van der Waals surface area (Å²) in [6.07, 6.45) is 0.716. The molecule has 0 aliphatic rings. The van der Waals surface area contributed by atoms with Crippen molar-refractivity contribution >= 4 is 23.0 Å². The fraction of sp³-hybridized carbons (Fsp3) is 0.250. The number of carbonyl (C=O) groups is 2. The lowest BCUT2D eigenvalue weighted by Gasteiger charge is -2.28. The number of hydrogen-bond donors (Lipinski definition) is 2. The average Bonchev–Trinajstić information content (AvgIpc) is 3.25. The van der Waals surface area contributed by atoms with Crippen LogP contribution in [0.15, 0.2) is 79.0 Å². The van der Waals surface area contributed by atoms with Crippen LogP contribution in [-0.4, -0.2) is 38.6 Å². The predicted octanol–water partition coefficient (Wildman–Crippen LogP) is 5.76. The maximum absolute atomic E-state index is 12.4. The van der Waals surface area contributed by atoms with E-state index in [1.54, 1.807) is 35.1 Å². The summed E-state index contributed by atoms with van der Waals surface area (Å²) in [6, 6.07) is 21.5. The molecule has 0 spiro atoms. The van der Waals surface area contributed by atoms with E-state index in [0.717, 1.165) is 16.5 Å². The Morgan fingerprint density at radius 1 is 1.00 bits per heavy atom. The number of nitrogens with one attached hydrogen (secondary N) is 1. The molecule has 0 saturated heterocycles. The molecule has 2 N–H and O–H groups in total. The van der Waals surface area contributed by atoms with E-state index >= 15 is 0 Å². The molecule has 0 saturated carbocycles. The Bertz CT molecular complexity index is 1370. The molecule has 186 valence electrons. The summed E-state index contributed by atoms with van der Waals surface area (Å²) < 4.78 is 13.5. The van der Waals surface area contributed by atoms with E-state index in [1.165, 1.54) is 0 Å². The second kappa shape index (κ2) is 10.1. The first-order valence-corrected chi connectivity index (χ1v) is 11.6. The van der Waals surface area contributed by atoms with E-state index in [2.05, 4.69) is 10.4 Å². The van der Waals surface area contributed by atoms with Gasteiger partial charge in [0.15, 0.2) is 0 Å². The third-order valence-electron chi connectivity index (χ3n) is 5.47. The van der Waals surface area contributed by atoms with Gasteiger partial charge in [0.25, 0.3) is 0 Å². The van der Waals surface area contributed by atoms with Gasteiger partial charge in [0.1, 0.15) is 17.5 Å². The van der Waals surface area contributed by atoms with E-state index in [9.17, 15) is 14.7 Å². The zero-order valence-electron chi connectivity index (χ0n) is 20.6. The smallest absolute Gasteiger partial charge is 0.408 e. The van der Waals surface area contributed by atoms with Crippen LogP contribution in [0.1, 0.15) is 49.7 Å². The van der Waals surface area contributed by atoms with Gasteiger partial charge >= 0.3 is 12.1 Å². The molecule has 2 atom stereocenters. The number of carboxylic acid groups (broad SMARTS) is 1. The highest BCUT2D eigenvalue weighted by atomic mass is 16.6. The van der Waals surface area contributed by atoms with Crippen LogP contribution in [0.25, 0.3) is 16.6 Å². The van der Waals surface area contributed by atoms with Crippen LogP contribution in [0.4, 0.5) is 4.79 Å². The van der Waals surface area contributed by atoms with Crippen LogP contribution >= 0.6 is 0 Å². The van der Waals surface area contributed by atoms with Crippen molar-refractivity contribution in [1.82, 2.24) is 15.1 Å². The monoisotopic (exact) mass is 487 g/mol. The maximum Gasteiger partial charge on any atom is 0.408 e. The molecule has 0 aliphatic heterocycles. The summed E-state index contributed by atoms with van der Waals surface area (Å²) in [5, 5.41) is 17.5. The van der Waals surface area contributed by atoms with E-state index in [4.69, 9.17) is 9.47 Å². The quantitative estimate of drug-likeness (QED) is 0.344. The van der Waals surface area contributed by atoms with Crippen molar-refractivity contribution in [2.75, 3.05) is 0 Å². The molecule has 8 nitrogen and oxygen atoms in total. The summed E-state index contributed by atoms with van der Waals surface area (Å²) in [5.41, 5.74) is 1.94. The molecule has 1 heterocycles. The topological polar surface area (TPSA) is 103 Å². The zero-order valence-corrected chi connectivity index (χ0v) is 20.6. The number of alkyl carbamates (subject to hydrolysis) is 1. The Labute approximate surface area is 209 Å². The van der Waals surface area contributed by atoms with Gasteiger partial charge in [-0.2, -0.15) is 5.10 Å². The molecule has 1 amide bonds. The van der Waals surface area contributed by atoms with Gasteiger partial charge in [0.2, 0.25) is 0 Å². The minimum absolute atomic E-state index is 0.188. The Kier molecular flexibility index (Phi) is 6.96. The second-order valence-electron chi connectivity index (χ2n) is 9.52. The number of carbonyl (C=O) groups excluding carboxylic acids is 1. The summed E-state index contributed by atoms with van der Waals surface area (Å²) in [7, 11) is 0. The summed E-state index contributed by atoms with van der Waals surface area (Å²) in [6.45, 7) is 7.31. The van der Waals surface area contributed by atoms with Crippen LogP contribution in [0.3, 0.4) is 0 Å². The number of nitrogens with zero attached hydrogens (tertiary/aromatic N) is 2. The van der Waals surface area contributed by atoms with E-state index in [1.807, 2.05) is 76.2 Å². The number of fused-ring (bicyclic) bond motifs is 1. The molecule has 0 radical (unpaired) electrons. The number of carboxylic acids is 1. The zero-order chi connectivity index (χ0) is 25.9.